The fourth-order valence-corrected chi connectivity index (χ4v) is 1.91. The first kappa shape index (κ1) is 14.2. The molecule has 1 aromatic carbocycles. The Morgan fingerprint density at radius 1 is 1.18 bits per heavy atom. The lowest BCUT2D eigenvalue weighted by molar-refractivity contribution is 0.449. The van der Waals surface area contributed by atoms with E-state index in [1.165, 1.54) is 11.1 Å². The van der Waals surface area contributed by atoms with Crippen LogP contribution >= 0.6 is 0 Å². The second kappa shape index (κ2) is 6.77. The summed E-state index contributed by atoms with van der Waals surface area (Å²) in [5, 5.41) is 3.48. The van der Waals surface area contributed by atoms with Crippen molar-refractivity contribution in [3.05, 3.63) is 35.4 Å². The Hall–Kier alpha value is -0.860. The smallest absolute Gasteiger partial charge is 0.00975 e. The van der Waals surface area contributed by atoms with E-state index in [4.69, 9.17) is 5.73 Å². The summed E-state index contributed by atoms with van der Waals surface area (Å²) in [6, 6.07) is 8.58. The number of hydrogen-bond acceptors (Lipinski definition) is 2. The van der Waals surface area contributed by atoms with Crippen LogP contribution in [0.2, 0.25) is 0 Å². The van der Waals surface area contributed by atoms with Gasteiger partial charge in [0.2, 0.25) is 0 Å². The zero-order chi connectivity index (χ0) is 12.7. The lowest BCUT2D eigenvalue weighted by Crippen LogP contribution is -2.33. The van der Waals surface area contributed by atoms with E-state index in [0.29, 0.717) is 0 Å². The van der Waals surface area contributed by atoms with Crippen LogP contribution in [0.25, 0.3) is 0 Å². The highest BCUT2D eigenvalue weighted by atomic mass is 14.8. The summed E-state index contributed by atoms with van der Waals surface area (Å²) in [5.74, 6) is 0. The standard InChI is InChI=1S/C15H26N2/c1-13-7-4-5-8-14(13)9-12-17-11-6-10-15(2,3)16/h4-5,7-8,17H,6,9-12,16H2,1-3H3. The van der Waals surface area contributed by atoms with Crippen molar-refractivity contribution in [3.8, 4) is 0 Å². The van der Waals surface area contributed by atoms with E-state index in [1.54, 1.807) is 0 Å². The molecule has 0 fully saturated rings. The SMILES string of the molecule is Cc1ccccc1CCNCCCC(C)(C)N. The highest BCUT2D eigenvalue weighted by molar-refractivity contribution is 5.25. The van der Waals surface area contributed by atoms with Gasteiger partial charge in [0.25, 0.3) is 0 Å². The summed E-state index contributed by atoms with van der Waals surface area (Å²) in [5.41, 5.74) is 8.73. The second-order valence-corrected chi connectivity index (χ2v) is 5.52. The zero-order valence-electron chi connectivity index (χ0n) is 11.4. The first-order chi connectivity index (χ1) is 7.99. The van der Waals surface area contributed by atoms with Crippen molar-refractivity contribution < 1.29 is 0 Å². The molecule has 2 heteroatoms. The van der Waals surface area contributed by atoms with E-state index < -0.39 is 0 Å². The monoisotopic (exact) mass is 234 g/mol. The fourth-order valence-electron chi connectivity index (χ4n) is 1.91. The van der Waals surface area contributed by atoms with Gasteiger partial charge in [-0.15, -0.1) is 0 Å². The first-order valence-electron chi connectivity index (χ1n) is 6.53. The quantitative estimate of drug-likeness (QED) is 0.712. The van der Waals surface area contributed by atoms with E-state index >= 15 is 0 Å². The zero-order valence-corrected chi connectivity index (χ0v) is 11.4. The minimum Gasteiger partial charge on any atom is -0.326 e. The first-order valence-corrected chi connectivity index (χ1v) is 6.53. The number of rotatable bonds is 7. The lowest BCUT2D eigenvalue weighted by atomic mass is 10.0. The molecular weight excluding hydrogens is 208 g/mol. The van der Waals surface area contributed by atoms with E-state index in [1.807, 2.05) is 0 Å². The van der Waals surface area contributed by atoms with Crippen LogP contribution < -0.4 is 11.1 Å². The number of hydrogen-bond donors (Lipinski definition) is 2. The molecule has 0 aliphatic heterocycles. The topological polar surface area (TPSA) is 38.0 Å². The van der Waals surface area contributed by atoms with Gasteiger partial charge in [0, 0.05) is 5.54 Å². The van der Waals surface area contributed by atoms with Crippen molar-refractivity contribution in [2.45, 2.75) is 45.6 Å². The van der Waals surface area contributed by atoms with Gasteiger partial charge in [-0.2, -0.15) is 0 Å². The summed E-state index contributed by atoms with van der Waals surface area (Å²) in [6.07, 6.45) is 3.33. The Labute approximate surface area is 106 Å². The summed E-state index contributed by atoms with van der Waals surface area (Å²) in [7, 11) is 0. The molecule has 0 saturated carbocycles. The largest absolute Gasteiger partial charge is 0.326 e. The maximum Gasteiger partial charge on any atom is 0.00975 e. The Balaban J connectivity index is 2.11. The average Bonchev–Trinajstić information content (AvgIpc) is 2.24. The molecule has 0 bridgehead atoms. The summed E-state index contributed by atoms with van der Waals surface area (Å²) in [6.45, 7) is 8.45. The van der Waals surface area contributed by atoms with Crippen molar-refractivity contribution in [2.24, 2.45) is 5.73 Å². The molecule has 96 valence electrons. The van der Waals surface area contributed by atoms with Crippen LogP contribution in [0.1, 0.15) is 37.8 Å². The Morgan fingerprint density at radius 3 is 2.53 bits per heavy atom. The molecule has 0 spiro atoms. The average molecular weight is 234 g/mol. The van der Waals surface area contributed by atoms with Crippen LogP contribution in [-0.2, 0) is 6.42 Å². The predicted octanol–water partition coefficient (Wildman–Crippen LogP) is 2.64. The van der Waals surface area contributed by atoms with Crippen LogP contribution in [0.3, 0.4) is 0 Å². The molecule has 0 atom stereocenters. The van der Waals surface area contributed by atoms with Gasteiger partial charge in [-0.05, 0) is 64.3 Å². The highest BCUT2D eigenvalue weighted by Crippen LogP contribution is 2.07. The maximum atomic E-state index is 5.93. The van der Waals surface area contributed by atoms with Gasteiger partial charge in [-0.25, -0.2) is 0 Å². The third-order valence-electron chi connectivity index (χ3n) is 3.01. The van der Waals surface area contributed by atoms with Gasteiger partial charge in [0.05, 0.1) is 0 Å². The van der Waals surface area contributed by atoms with Crippen LogP contribution in [0.4, 0.5) is 0 Å². The van der Waals surface area contributed by atoms with Crippen molar-refractivity contribution in [1.29, 1.82) is 0 Å². The minimum atomic E-state index is -0.0301. The molecule has 1 aromatic rings. The second-order valence-electron chi connectivity index (χ2n) is 5.52. The van der Waals surface area contributed by atoms with Crippen LogP contribution in [0.15, 0.2) is 24.3 Å². The molecule has 3 N–H and O–H groups in total. The van der Waals surface area contributed by atoms with Gasteiger partial charge in [0.15, 0.2) is 0 Å². The Morgan fingerprint density at radius 2 is 1.88 bits per heavy atom. The lowest BCUT2D eigenvalue weighted by Gasteiger charge is -2.18. The maximum absolute atomic E-state index is 5.93. The molecule has 0 heterocycles. The third-order valence-corrected chi connectivity index (χ3v) is 3.01. The third kappa shape index (κ3) is 6.44. The van der Waals surface area contributed by atoms with Crippen LogP contribution in [0.5, 0.6) is 0 Å². The molecule has 1 rings (SSSR count). The number of aryl methyl sites for hydroxylation is 1. The van der Waals surface area contributed by atoms with Crippen molar-refractivity contribution in [3.63, 3.8) is 0 Å². The van der Waals surface area contributed by atoms with Gasteiger partial charge in [-0.1, -0.05) is 24.3 Å². The minimum absolute atomic E-state index is 0.0301. The normalized spacial score (nSPS) is 11.8. The summed E-state index contributed by atoms with van der Waals surface area (Å²) >= 11 is 0. The van der Waals surface area contributed by atoms with E-state index in [2.05, 4.69) is 50.4 Å². The molecular formula is C15H26N2. The number of nitrogens with one attached hydrogen (secondary N) is 1. The predicted molar refractivity (Wildman–Crippen MR) is 75.3 cm³/mol. The van der Waals surface area contributed by atoms with Crippen LogP contribution in [0, 0.1) is 6.92 Å². The molecule has 0 radical (unpaired) electrons. The number of benzene rings is 1. The van der Waals surface area contributed by atoms with E-state index in [9.17, 15) is 0 Å². The Kier molecular flexibility index (Phi) is 5.66. The van der Waals surface area contributed by atoms with Gasteiger partial charge >= 0.3 is 0 Å². The molecule has 0 aromatic heterocycles. The van der Waals surface area contributed by atoms with Crippen LogP contribution in [-0.4, -0.2) is 18.6 Å². The van der Waals surface area contributed by atoms with Gasteiger partial charge < -0.3 is 11.1 Å². The van der Waals surface area contributed by atoms with Gasteiger partial charge in [-0.3, -0.25) is 0 Å². The summed E-state index contributed by atoms with van der Waals surface area (Å²) < 4.78 is 0. The van der Waals surface area contributed by atoms with Crippen molar-refractivity contribution in [2.75, 3.05) is 13.1 Å². The molecule has 0 aliphatic rings. The molecule has 17 heavy (non-hydrogen) atoms. The number of nitrogens with two attached hydrogens (primary N) is 1. The molecule has 0 unspecified atom stereocenters. The Bertz CT molecular complexity index is 326. The van der Waals surface area contributed by atoms with Gasteiger partial charge in [0.1, 0.15) is 0 Å². The molecule has 0 aliphatic carbocycles. The van der Waals surface area contributed by atoms with E-state index in [-0.39, 0.29) is 5.54 Å². The highest BCUT2D eigenvalue weighted by Gasteiger charge is 2.08. The molecule has 2 nitrogen and oxygen atoms in total. The molecule has 0 saturated heterocycles. The fraction of sp³-hybridized carbons (Fsp3) is 0.600. The van der Waals surface area contributed by atoms with Crippen molar-refractivity contribution >= 4 is 0 Å². The van der Waals surface area contributed by atoms with E-state index in [0.717, 1.165) is 32.4 Å². The summed E-state index contributed by atoms with van der Waals surface area (Å²) in [4.78, 5) is 0. The van der Waals surface area contributed by atoms with Crippen molar-refractivity contribution in [1.82, 2.24) is 5.32 Å². The molecule has 0 amide bonds.